The molecule has 4 N–H and O–H groups in total. The Bertz CT molecular complexity index is 1340. The van der Waals surface area contributed by atoms with E-state index < -0.39 is 36.1 Å². The number of carbonyl (C=O) groups is 2. The zero-order valence-corrected chi connectivity index (χ0v) is 20.3. The number of nitriles is 1. The first kappa shape index (κ1) is 27.9. The van der Waals surface area contributed by atoms with Crippen LogP contribution in [0.2, 0.25) is 0 Å². The zero-order chi connectivity index (χ0) is 27.8. The molecule has 0 spiro atoms. The van der Waals surface area contributed by atoms with Crippen molar-refractivity contribution in [3.63, 3.8) is 0 Å². The first-order valence-corrected chi connectivity index (χ1v) is 11.4. The van der Waals surface area contributed by atoms with Crippen LogP contribution in [0.5, 0.6) is 5.75 Å². The molecule has 1 amide bonds. The number of likely N-dealkylation sites (N-methyl/N-ethyl adjacent to an activating group) is 1. The third-order valence-corrected chi connectivity index (χ3v) is 5.62. The van der Waals surface area contributed by atoms with E-state index in [0.717, 1.165) is 6.07 Å². The van der Waals surface area contributed by atoms with Gasteiger partial charge >= 0.3 is 12.6 Å². The van der Waals surface area contributed by atoms with Crippen LogP contribution in [0.25, 0.3) is 0 Å². The Hall–Kier alpha value is -4.72. The summed E-state index contributed by atoms with van der Waals surface area (Å²) in [5, 5.41) is 21.2. The number of benzene rings is 3. The molecule has 0 bridgehead atoms. The summed E-state index contributed by atoms with van der Waals surface area (Å²) in [6.45, 7) is -3.58. The number of aryl methyl sites for hydroxylation is 1. The summed E-state index contributed by atoms with van der Waals surface area (Å²) in [5.41, 5.74) is 7.75. The van der Waals surface area contributed by atoms with Gasteiger partial charge in [-0.25, -0.2) is 4.39 Å². The van der Waals surface area contributed by atoms with Crippen molar-refractivity contribution >= 4 is 23.3 Å². The van der Waals surface area contributed by atoms with Gasteiger partial charge in [0.15, 0.2) is 11.6 Å². The summed E-state index contributed by atoms with van der Waals surface area (Å²) >= 11 is 0. The van der Waals surface area contributed by atoms with Crippen molar-refractivity contribution in [1.82, 2.24) is 4.90 Å². The predicted molar refractivity (Wildman–Crippen MR) is 134 cm³/mol. The Labute approximate surface area is 217 Å². The minimum Gasteiger partial charge on any atom is -0.481 e. The highest BCUT2D eigenvalue weighted by molar-refractivity contribution is 5.86. The number of carbonyl (C=O) groups excluding carboxylic acids is 1. The summed E-state index contributed by atoms with van der Waals surface area (Å²) < 4.78 is 44.5. The van der Waals surface area contributed by atoms with Crippen LogP contribution in [0.4, 0.5) is 24.5 Å². The molecule has 1 atom stereocenters. The number of hydrogen-bond donors (Lipinski definition) is 3. The van der Waals surface area contributed by atoms with E-state index in [1.54, 1.807) is 48.5 Å². The maximum absolute atomic E-state index is 14.4. The van der Waals surface area contributed by atoms with E-state index in [9.17, 15) is 22.8 Å². The number of nitrogens with two attached hydrogens (primary N) is 1. The number of nitrogens with zero attached hydrogens (tertiary/aromatic N) is 2. The van der Waals surface area contributed by atoms with Crippen LogP contribution < -0.4 is 15.8 Å². The second-order valence-corrected chi connectivity index (χ2v) is 8.47. The Balaban J connectivity index is 1.95. The van der Waals surface area contributed by atoms with E-state index in [4.69, 9.17) is 16.1 Å². The van der Waals surface area contributed by atoms with Gasteiger partial charge in [0.05, 0.1) is 11.6 Å². The number of nitrogen functional groups attached to an aromatic ring is 1. The molecule has 3 aromatic carbocycles. The number of halogens is 3. The number of amides is 1. The van der Waals surface area contributed by atoms with Crippen molar-refractivity contribution in [2.75, 3.05) is 18.1 Å². The van der Waals surface area contributed by atoms with Crippen LogP contribution in [0.3, 0.4) is 0 Å². The highest BCUT2D eigenvalue weighted by Gasteiger charge is 2.26. The van der Waals surface area contributed by atoms with Crippen molar-refractivity contribution in [1.29, 1.82) is 5.26 Å². The first-order valence-electron chi connectivity index (χ1n) is 11.4. The highest BCUT2D eigenvalue weighted by atomic mass is 19.3. The number of ether oxygens (including phenoxy) is 1. The van der Waals surface area contributed by atoms with Crippen LogP contribution in [0, 0.1) is 17.1 Å². The molecule has 3 rings (SSSR count). The van der Waals surface area contributed by atoms with Gasteiger partial charge in [-0.3, -0.25) is 9.59 Å². The van der Waals surface area contributed by atoms with Gasteiger partial charge in [-0.2, -0.15) is 14.0 Å². The van der Waals surface area contributed by atoms with Gasteiger partial charge in [-0.05, 0) is 47.9 Å². The molecule has 0 heterocycles. The van der Waals surface area contributed by atoms with Gasteiger partial charge in [0, 0.05) is 43.0 Å². The van der Waals surface area contributed by atoms with E-state index in [1.807, 2.05) is 6.07 Å². The Morgan fingerprint density at radius 2 is 1.87 bits per heavy atom. The molecular weight excluding hydrogens is 501 g/mol. The molecule has 8 nitrogen and oxygen atoms in total. The smallest absolute Gasteiger partial charge is 0.387 e. The number of aliphatic carboxylic acids is 1. The number of carboxylic acid groups (broad SMARTS) is 1. The lowest BCUT2D eigenvalue weighted by Gasteiger charge is -2.27. The number of nitrogens with one attached hydrogen (secondary N) is 1. The van der Waals surface area contributed by atoms with E-state index in [-0.39, 0.29) is 30.6 Å². The summed E-state index contributed by atoms with van der Waals surface area (Å²) in [6.07, 6.45) is 0.145. The Kier molecular flexibility index (Phi) is 9.16. The standard InChI is InChI=1S/C27H25F3N4O4/c1-34(15-19-12-20(32)13-22(28)25(19)38-27(29)30)26(37)24(33-21-8-5-17(14-31)6-9-21)18-4-2-3-16(11-18)7-10-23(35)36/h2-6,8-9,11-13,24,27,33H,7,10,15,32H2,1H3,(H,35,36). The Morgan fingerprint density at radius 1 is 1.16 bits per heavy atom. The molecule has 3 aromatic rings. The normalized spacial score (nSPS) is 11.5. The van der Waals surface area contributed by atoms with Crippen molar-refractivity contribution in [2.24, 2.45) is 0 Å². The van der Waals surface area contributed by atoms with Crippen molar-refractivity contribution in [3.8, 4) is 11.8 Å². The molecule has 0 fully saturated rings. The van der Waals surface area contributed by atoms with Crippen LogP contribution in [-0.4, -0.2) is 35.5 Å². The maximum Gasteiger partial charge on any atom is 0.387 e. The second-order valence-electron chi connectivity index (χ2n) is 8.47. The van der Waals surface area contributed by atoms with Gasteiger partial charge < -0.3 is 25.8 Å². The minimum absolute atomic E-state index is 0.0293. The third kappa shape index (κ3) is 7.39. The lowest BCUT2D eigenvalue weighted by molar-refractivity contribution is -0.137. The SMILES string of the molecule is CN(Cc1cc(N)cc(F)c1OC(F)F)C(=O)C(Nc1ccc(C#N)cc1)c1cccc(CCC(=O)O)c1. The molecule has 0 aliphatic carbocycles. The van der Waals surface area contributed by atoms with Crippen molar-refractivity contribution < 1.29 is 32.6 Å². The molecule has 0 radical (unpaired) electrons. The molecular formula is C27H25F3N4O4. The Morgan fingerprint density at radius 3 is 2.50 bits per heavy atom. The van der Waals surface area contributed by atoms with Crippen LogP contribution >= 0.6 is 0 Å². The number of carboxylic acids is 1. The average Bonchev–Trinajstić information content (AvgIpc) is 2.88. The predicted octanol–water partition coefficient (Wildman–Crippen LogP) is 4.71. The van der Waals surface area contributed by atoms with Gasteiger partial charge in [0.2, 0.25) is 5.91 Å². The fourth-order valence-corrected chi connectivity index (χ4v) is 3.84. The number of rotatable bonds is 11. The zero-order valence-electron chi connectivity index (χ0n) is 20.3. The molecule has 1 unspecified atom stereocenters. The molecule has 198 valence electrons. The summed E-state index contributed by atoms with van der Waals surface area (Å²) in [4.78, 5) is 25.9. The van der Waals surface area contributed by atoms with E-state index in [2.05, 4.69) is 10.1 Å². The minimum atomic E-state index is -3.28. The van der Waals surface area contributed by atoms with Crippen LogP contribution in [0.1, 0.15) is 34.7 Å². The van der Waals surface area contributed by atoms with Crippen molar-refractivity contribution in [2.45, 2.75) is 32.0 Å². The monoisotopic (exact) mass is 526 g/mol. The summed E-state index contributed by atoms with van der Waals surface area (Å²) in [6, 6.07) is 16.3. The van der Waals surface area contributed by atoms with Gasteiger partial charge in [-0.1, -0.05) is 24.3 Å². The third-order valence-electron chi connectivity index (χ3n) is 5.62. The van der Waals surface area contributed by atoms with E-state index in [1.165, 1.54) is 18.0 Å². The van der Waals surface area contributed by atoms with Crippen LogP contribution in [-0.2, 0) is 22.6 Å². The van der Waals surface area contributed by atoms with Gasteiger partial charge in [0.1, 0.15) is 6.04 Å². The van der Waals surface area contributed by atoms with Crippen LogP contribution in [0.15, 0.2) is 60.7 Å². The van der Waals surface area contributed by atoms with E-state index >= 15 is 0 Å². The molecule has 11 heteroatoms. The summed E-state index contributed by atoms with van der Waals surface area (Å²) in [7, 11) is 1.41. The molecule has 0 aliphatic rings. The number of hydrogen-bond acceptors (Lipinski definition) is 6. The van der Waals surface area contributed by atoms with Gasteiger partial charge in [0.25, 0.3) is 0 Å². The fraction of sp³-hybridized carbons (Fsp3) is 0.222. The first-order chi connectivity index (χ1) is 18.1. The lowest BCUT2D eigenvalue weighted by Crippen LogP contribution is -2.35. The largest absolute Gasteiger partial charge is 0.481 e. The topological polar surface area (TPSA) is 129 Å². The summed E-state index contributed by atoms with van der Waals surface area (Å²) in [5.74, 6) is -3.26. The van der Waals surface area contributed by atoms with Crippen molar-refractivity contribution in [3.05, 3.63) is 88.7 Å². The maximum atomic E-state index is 14.4. The second kappa shape index (κ2) is 12.5. The molecule has 38 heavy (non-hydrogen) atoms. The quantitative estimate of drug-likeness (QED) is 0.309. The molecule has 0 aliphatic heterocycles. The van der Waals surface area contributed by atoms with Gasteiger partial charge in [-0.15, -0.1) is 0 Å². The van der Waals surface area contributed by atoms with E-state index in [0.29, 0.717) is 22.4 Å². The highest BCUT2D eigenvalue weighted by Crippen LogP contribution is 2.30. The fourth-order valence-electron chi connectivity index (χ4n) is 3.84. The molecule has 0 aromatic heterocycles. The lowest BCUT2D eigenvalue weighted by atomic mass is 9.99. The average molecular weight is 527 g/mol. The molecule has 0 saturated carbocycles. The number of alkyl halides is 2. The molecule has 0 saturated heterocycles. The number of anilines is 2.